The molecule has 0 radical (unpaired) electrons. The Morgan fingerprint density at radius 1 is 1.00 bits per heavy atom. The number of phenols is 1. The molecule has 2 aliphatic carbocycles. The van der Waals surface area contributed by atoms with Gasteiger partial charge in [0.1, 0.15) is 0 Å². The zero-order chi connectivity index (χ0) is 27.2. The lowest BCUT2D eigenvalue weighted by Crippen LogP contribution is -2.57. The van der Waals surface area contributed by atoms with Gasteiger partial charge in [0, 0.05) is 25.3 Å². The highest BCUT2D eigenvalue weighted by molar-refractivity contribution is 5.67. The molecular weight excluding hydrogens is 476 g/mol. The van der Waals surface area contributed by atoms with E-state index < -0.39 is 36.5 Å². The van der Waals surface area contributed by atoms with E-state index in [9.17, 15) is 19.8 Å². The van der Waals surface area contributed by atoms with Crippen molar-refractivity contribution in [2.45, 2.75) is 110 Å². The first-order chi connectivity index (χ1) is 17.4. The molecule has 0 saturated carbocycles. The summed E-state index contributed by atoms with van der Waals surface area (Å²) in [6, 6.07) is 0. The van der Waals surface area contributed by atoms with E-state index in [4.69, 9.17) is 18.9 Å². The van der Waals surface area contributed by atoms with Gasteiger partial charge in [0.25, 0.3) is 0 Å². The molecule has 2 N–H and O–H groups in total. The fourth-order valence-electron chi connectivity index (χ4n) is 6.57. The second-order valence-corrected chi connectivity index (χ2v) is 11.2. The van der Waals surface area contributed by atoms with Crippen LogP contribution in [0.15, 0.2) is 11.6 Å². The van der Waals surface area contributed by atoms with Crippen LogP contribution in [-0.4, -0.2) is 53.4 Å². The van der Waals surface area contributed by atoms with Gasteiger partial charge >= 0.3 is 11.9 Å². The van der Waals surface area contributed by atoms with Crippen LogP contribution in [0, 0.1) is 12.8 Å². The van der Waals surface area contributed by atoms with Crippen LogP contribution in [0.1, 0.15) is 101 Å². The molecule has 8 nitrogen and oxygen atoms in total. The van der Waals surface area contributed by atoms with E-state index in [1.807, 2.05) is 6.92 Å². The number of hydrogen-bond donors (Lipinski definition) is 2. The Balaban J connectivity index is 1.77. The van der Waals surface area contributed by atoms with E-state index in [-0.39, 0.29) is 29.9 Å². The van der Waals surface area contributed by atoms with Gasteiger partial charge in [0.2, 0.25) is 6.29 Å². The van der Waals surface area contributed by atoms with Crippen molar-refractivity contribution in [3.05, 3.63) is 33.9 Å². The maximum Gasteiger partial charge on any atom is 0.303 e. The van der Waals surface area contributed by atoms with Crippen LogP contribution in [-0.2, 0) is 23.8 Å². The number of benzene rings is 1. The van der Waals surface area contributed by atoms with Gasteiger partial charge in [-0.25, -0.2) is 0 Å². The van der Waals surface area contributed by atoms with Crippen LogP contribution in [0.25, 0.3) is 0 Å². The minimum atomic E-state index is -1.44. The van der Waals surface area contributed by atoms with Crippen molar-refractivity contribution in [1.82, 2.24) is 0 Å². The molecule has 3 aliphatic rings. The van der Waals surface area contributed by atoms with Crippen molar-refractivity contribution in [1.29, 1.82) is 0 Å². The zero-order valence-corrected chi connectivity index (χ0v) is 22.9. The lowest BCUT2D eigenvalue weighted by Gasteiger charge is -2.44. The van der Waals surface area contributed by atoms with E-state index in [0.717, 1.165) is 30.4 Å². The predicted molar refractivity (Wildman–Crippen MR) is 137 cm³/mol. The van der Waals surface area contributed by atoms with Gasteiger partial charge < -0.3 is 29.2 Å². The fraction of sp³-hybridized carbons (Fsp3) is 0.655. The molecule has 1 aromatic rings. The van der Waals surface area contributed by atoms with E-state index in [2.05, 4.69) is 33.8 Å². The number of aliphatic hydroxyl groups is 1. The van der Waals surface area contributed by atoms with Crippen LogP contribution in [0.5, 0.6) is 11.5 Å². The van der Waals surface area contributed by atoms with Gasteiger partial charge in [-0.15, -0.1) is 0 Å². The summed E-state index contributed by atoms with van der Waals surface area (Å²) in [6.07, 6.45) is 0.573. The van der Waals surface area contributed by atoms with Crippen molar-refractivity contribution in [3.63, 3.8) is 0 Å². The third-order valence-corrected chi connectivity index (χ3v) is 8.05. The molecule has 1 aromatic carbocycles. The Morgan fingerprint density at radius 2 is 1.68 bits per heavy atom. The van der Waals surface area contributed by atoms with E-state index in [1.165, 1.54) is 30.5 Å². The van der Waals surface area contributed by atoms with Gasteiger partial charge in [-0.3, -0.25) is 9.59 Å². The molecule has 4 rings (SSSR count). The monoisotopic (exact) mass is 516 g/mol. The number of hydrogen-bond acceptors (Lipinski definition) is 8. The highest BCUT2D eigenvalue weighted by Crippen LogP contribution is 2.58. The Labute approximate surface area is 218 Å². The van der Waals surface area contributed by atoms with Crippen molar-refractivity contribution >= 4 is 11.9 Å². The predicted octanol–water partition coefficient (Wildman–Crippen LogP) is 4.73. The number of ether oxygens (including phenoxy) is 4. The first kappa shape index (κ1) is 27.5. The summed E-state index contributed by atoms with van der Waals surface area (Å²) in [7, 11) is 0. The van der Waals surface area contributed by atoms with Crippen molar-refractivity contribution in [3.8, 4) is 11.5 Å². The topological polar surface area (TPSA) is 112 Å². The average Bonchev–Trinajstić information content (AvgIpc) is 2.78. The maximum absolute atomic E-state index is 11.7. The Kier molecular flexibility index (Phi) is 7.91. The zero-order valence-electron chi connectivity index (χ0n) is 22.9. The van der Waals surface area contributed by atoms with Crippen molar-refractivity contribution in [2.24, 2.45) is 5.92 Å². The molecular formula is C29H40O8. The summed E-state index contributed by atoms with van der Waals surface area (Å²) in [5, 5.41) is 22.6. The molecule has 0 unspecified atom stereocenters. The number of carbonyl (C=O) groups excluding carboxylic acids is 2. The van der Waals surface area contributed by atoms with Crippen LogP contribution in [0.4, 0.5) is 0 Å². The largest absolute Gasteiger partial charge is 0.504 e. The summed E-state index contributed by atoms with van der Waals surface area (Å²) in [6.45, 7) is 12.9. The molecule has 1 heterocycles. The second-order valence-electron chi connectivity index (χ2n) is 11.2. The minimum absolute atomic E-state index is 0.0837. The lowest BCUT2D eigenvalue weighted by molar-refractivity contribution is -0.254. The van der Waals surface area contributed by atoms with Gasteiger partial charge in [-0.2, -0.15) is 0 Å². The number of allylic oxidation sites excluding steroid dienone is 2. The average molecular weight is 517 g/mol. The maximum atomic E-state index is 11.7. The summed E-state index contributed by atoms with van der Waals surface area (Å²) in [4.78, 5) is 23.3. The standard InChI is InChI=1S/C29H40O8/c1-13(2)10-19-11-15(4)20-9-8-14(3)22-24(20)23(19)16(5)27(25(22)32)37-29-26(33)28(36-18(7)31)21(12-34-29)35-17(6)30/h10,14-15,19-21,26,28-29,32-33H,8-9,11-12H2,1-7H3/t14-,15-,19-,20+,21-,26+,28-,29+/m0/s1. The SMILES string of the molecule is CC(=O)O[C@@H]1[C@@H](O)[C@@H](Oc2c(C)c3c4c(c2O)[C@@H](C)CC[C@@H]4[C@@H](C)C[C@@H]3C=C(C)C)OC[C@@H]1OC(C)=O. The summed E-state index contributed by atoms with van der Waals surface area (Å²) < 4.78 is 22.5. The van der Waals surface area contributed by atoms with Crippen LogP contribution >= 0.6 is 0 Å². The fourth-order valence-corrected chi connectivity index (χ4v) is 6.57. The molecule has 0 aromatic heterocycles. The second kappa shape index (κ2) is 10.7. The number of esters is 2. The molecule has 0 amide bonds. The van der Waals surface area contributed by atoms with Crippen LogP contribution < -0.4 is 4.74 Å². The first-order valence-electron chi connectivity index (χ1n) is 13.3. The van der Waals surface area contributed by atoms with Gasteiger partial charge in [-0.05, 0) is 74.5 Å². The summed E-state index contributed by atoms with van der Waals surface area (Å²) in [5.41, 5.74) is 5.42. The first-order valence-corrected chi connectivity index (χ1v) is 13.3. The molecule has 8 atom stereocenters. The Morgan fingerprint density at radius 3 is 2.30 bits per heavy atom. The molecule has 0 spiro atoms. The van der Waals surface area contributed by atoms with Crippen molar-refractivity contribution in [2.75, 3.05) is 6.61 Å². The summed E-state index contributed by atoms with van der Waals surface area (Å²) >= 11 is 0. The van der Waals surface area contributed by atoms with Gasteiger partial charge in [0.15, 0.2) is 29.8 Å². The third-order valence-electron chi connectivity index (χ3n) is 8.05. The molecule has 1 aliphatic heterocycles. The van der Waals surface area contributed by atoms with E-state index >= 15 is 0 Å². The van der Waals surface area contributed by atoms with E-state index in [1.54, 1.807) is 0 Å². The third kappa shape index (κ3) is 5.23. The number of rotatable bonds is 5. The van der Waals surface area contributed by atoms with E-state index in [0.29, 0.717) is 11.8 Å². The van der Waals surface area contributed by atoms with Crippen LogP contribution in [0.2, 0.25) is 0 Å². The van der Waals surface area contributed by atoms with Gasteiger partial charge in [0.05, 0.1) is 6.61 Å². The highest BCUT2D eigenvalue weighted by atomic mass is 16.7. The number of aliphatic hydroxyl groups excluding tert-OH is 1. The lowest BCUT2D eigenvalue weighted by atomic mass is 9.62. The smallest absolute Gasteiger partial charge is 0.303 e. The molecule has 1 saturated heterocycles. The quantitative estimate of drug-likeness (QED) is 0.427. The minimum Gasteiger partial charge on any atom is -0.504 e. The Hall–Kier alpha value is -2.58. The molecule has 1 fully saturated rings. The normalized spacial score (nSPS) is 32.6. The molecule has 0 bridgehead atoms. The number of aromatic hydroxyl groups is 1. The van der Waals surface area contributed by atoms with Gasteiger partial charge in [-0.1, -0.05) is 25.5 Å². The molecule has 204 valence electrons. The Bertz CT molecular complexity index is 1090. The highest BCUT2D eigenvalue weighted by Gasteiger charge is 2.47. The van der Waals surface area contributed by atoms with Crippen LogP contribution in [0.3, 0.4) is 0 Å². The van der Waals surface area contributed by atoms with Crippen molar-refractivity contribution < 1.29 is 38.7 Å². The molecule has 8 heteroatoms. The number of carbonyl (C=O) groups is 2. The number of phenolic OH excluding ortho intramolecular Hbond substituents is 1. The molecule has 37 heavy (non-hydrogen) atoms. The summed E-state index contributed by atoms with van der Waals surface area (Å²) in [5.74, 6) is 0.384.